The van der Waals surface area contributed by atoms with Gasteiger partial charge in [0.2, 0.25) is 0 Å². The van der Waals surface area contributed by atoms with E-state index in [0.717, 1.165) is 28.7 Å². The quantitative estimate of drug-likeness (QED) is 0.865. The van der Waals surface area contributed by atoms with Gasteiger partial charge >= 0.3 is 0 Å². The van der Waals surface area contributed by atoms with Gasteiger partial charge in [0.15, 0.2) is 0 Å². The first-order chi connectivity index (χ1) is 10.1. The van der Waals surface area contributed by atoms with Crippen molar-refractivity contribution in [1.82, 2.24) is 9.97 Å². The molecule has 2 aromatic rings. The molecule has 0 aliphatic heterocycles. The SMILES string of the molecule is CCCNc1ccc(C(=O)Nc2cc(C)c(Br)cn2)nc1. The van der Waals surface area contributed by atoms with Crippen LogP contribution in [0.5, 0.6) is 0 Å². The summed E-state index contributed by atoms with van der Waals surface area (Å²) in [7, 11) is 0. The first-order valence-corrected chi connectivity index (χ1v) is 7.53. The first kappa shape index (κ1) is 15.4. The summed E-state index contributed by atoms with van der Waals surface area (Å²) in [5.41, 5.74) is 2.28. The number of hydrogen-bond donors (Lipinski definition) is 2. The van der Waals surface area contributed by atoms with Gasteiger partial charge in [-0.15, -0.1) is 0 Å². The number of nitrogens with zero attached hydrogens (tertiary/aromatic N) is 2. The minimum absolute atomic E-state index is 0.272. The average molecular weight is 349 g/mol. The summed E-state index contributed by atoms with van der Waals surface area (Å²) < 4.78 is 0.907. The molecule has 21 heavy (non-hydrogen) atoms. The number of carbonyl (C=O) groups excluding carboxylic acids is 1. The van der Waals surface area contributed by atoms with E-state index in [1.165, 1.54) is 0 Å². The second-order valence-electron chi connectivity index (χ2n) is 4.63. The molecule has 0 atom stereocenters. The van der Waals surface area contributed by atoms with Crippen molar-refractivity contribution in [3.63, 3.8) is 0 Å². The highest BCUT2D eigenvalue weighted by atomic mass is 79.9. The Labute approximate surface area is 132 Å². The molecular weight excluding hydrogens is 332 g/mol. The lowest BCUT2D eigenvalue weighted by molar-refractivity contribution is 0.102. The molecule has 2 aromatic heterocycles. The van der Waals surface area contributed by atoms with E-state index < -0.39 is 0 Å². The van der Waals surface area contributed by atoms with Gasteiger partial charge in [0.25, 0.3) is 5.91 Å². The number of nitrogens with one attached hydrogen (secondary N) is 2. The van der Waals surface area contributed by atoms with Crippen molar-refractivity contribution in [2.24, 2.45) is 0 Å². The molecule has 0 radical (unpaired) electrons. The summed E-state index contributed by atoms with van der Waals surface area (Å²) in [5, 5.41) is 5.95. The number of hydrogen-bond acceptors (Lipinski definition) is 4. The molecule has 0 saturated carbocycles. The molecule has 2 rings (SSSR count). The Balaban J connectivity index is 2.04. The van der Waals surface area contributed by atoms with Crippen LogP contribution in [-0.2, 0) is 0 Å². The predicted molar refractivity (Wildman–Crippen MR) is 87.6 cm³/mol. The predicted octanol–water partition coefficient (Wildman–Crippen LogP) is 3.62. The number of amides is 1. The fraction of sp³-hybridized carbons (Fsp3) is 0.267. The number of aryl methyl sites for hydroxylation is 1. The molecule has 0 bridgehead atoms. The van der Waals surface area contributed by atoms with Crippen molar-refractivity contribution in [3.05, 3.63) is 46.3 Å². The molecule has 0 spiro atoms. The summed E-state index contributed by atoms with van der Waals surface area (Å²) in [6.07, 6.45) is 4.36. The summed E-state index contributed by atoms with van der Waals surface area (Å²) in [4.78, 5) is 20.4. The molecule has 0 fully saturated rings. The number of anilines is 2. The minimum atomic E-state index is -0.272. The molecule has 2 heterocycles. The van der Waals surface area contributed by atoms with Crippen LogP contribution in [0.4, 0.5) is 11.5 Å². The van der Waals surface area contributed by atoms with E-state index in [1.54, 1.807) is 24.5 Å². The van der Waals surface area contributed by atoms with Gasteiger partial charge in [-0.05, 0) is 53.0 Å². The van der Waals surface area contributed by atoms with E-state index in [-0.39, 0.29) is 5.91 Å². The van der Waals surface area contributed by atoms with Crippen LogP contribution >= 0.6 is 15.9 Å². The number of halogens is 1. The molecule has 6 heteroatoms. The van der Waals surface area contributed by atoms with Gasteiger partial charge in [-0.2, -0.15) is 0 Å². The summed E-state index contributed by atoms with van der Waals surface area (Å²) in [6, 6.07) is 5.34. The van der Waals surface area contributed by atoms with Gasteiger partial charge in [-0.1, -0.05) is 6.92 Å². The molecule has 5 nitrogen and oxygen atoms in total. The third kappa shape index (κ3) is 4.26. The van der Waals surface area contributed by atoms with Crippen LogP contribution in [0.15, 0.2) is 35.1 Å². The van der Waals surface area contributed by atoms with Gasteiger partial charge < -0.3 is 10.6 Å². The van der Waals surface area contributed by atoms with Crippen LogP contribution in [0.3, 0.4) is 0 Å². The van der Waals surface area contributed by atoms with Crippen LogP contribution in [0.2, 0.25) is 0 Å². The smallest absolute Gasteiger partial charge is 0.275 e. The standard InChI is InChI=1S/C15H17BrN4O/c1-3-6-17-11-4-5-13(18-8-11)15(21)20-14-7-10(2)12(16)9-19-14/h4-5,7-9,17H,3,6H2,1-2H3,(H,19,20,21). The Morgan fingerprint density at radius 2 is 2.10 bits per heavy atom. The van der Waals surface area contributed by atoms with Crippen molar-refractivity contribution < 1.29 is 4.79 Å². The second-order valence-corrected chi connectivity index (χ2v) is 5.49. The lowest BCUT2D eigenvalue weighted by Gasteiger charge is -2.07. The van der Waals surface area contributed by atoms with Crippen molar-refractivity contribution in [2.75, 3.05) is 17.2 Å². The van der Waals surface area contributed by atoms with E-state index >= 15 is 0 Å². The molecule has 0 saturated heterocycles. The highest BCUT2D eigenvalue weighted by Gasteiger charge is 2.09. The Bertz CT molecular complexity index is 628. The highest BCUT2D eigenvalue weighted by molar-refractivity contribution is 9.10. The Hall–Kier alpha value is -1.95. The van der Waals surface area contributed by atoms with Crippen LogP contribution in [0.25, 0.3) is 0 Å². The first-order valence-electron chi connectivity index (χ1n) is 6.73. The van der Waals surface area contributed by atoms with Gasteiger partial charge in [-0.3, -0.25) is 4.79 Å². The van der Waals surface area contributed by atoms with E-state index in [1.807, 2.05) is 13.0 Å². The lowest BCUT2D eigenvalue weighted by Crippen LogP contribution is -2.14. The summed E-state index contributed by atoms with van der Waals surface area (Å²) in [5.74, 6) is 0.238. The molecule has 110 valence electrons. The van der Waals surface area contributed by atoms with E-state index in [4.69, 9.17) is 0 Å². The molecule has 2 N–H and O–H groups in total. The minimum Gasteiger partial charge on any atom is -0.384 e. The van der Waals surface area contributed by atoms with Gasteiger partial charge in [0, 0.05) is 17.2 Å². The maximum atomic E-state index is 12.1. The Morgan fingerprint density at radius 3 is 2.71 bits per heavy atom. The lowest BCUT2D eigenvalue weighted by atomic mass is 10.3. The number of aromatic nitrogens is 2. The third-order valence-electron chi connectivity index (χ3n) is 2.86. The normalized spacial score (nSPS) is 10.2. The van der Waals surface area contributed by atoms with Crippen molar-refractivity contribution >= 4 is 33.3 Å². The second kappa shape index (κ2) is 7.17. The third-order valence-corrected chi connectivity index (χ3v) is 3.69. The topological polar surface area (TPSA) is 66.9 Å². The fourth-order valence-corrected chi connectivity index (χ4v) is 1.91. The Kier molecular flexibility index (Phi) is 5.27. The summed E-state index contributed by atoms with van der Waals surface area (Å²) >= 11 is 3.37. The van der Waals surface area contributed by atoms with Gasteiger partial charge in [0.1, 0.15) is 11.5 Å². The van der Waals surface area contributed by atoms with Gasteiger partial charge in [0.05, 0.1) is 11.9 Å². The molecule has 1 amide bonds. The van der Waals surface area contributed by atoms with Crippen molar-refractivity contribution in [1.29, 1.82) is 0 Å². The zero-order chi connectivity index (χ0) is 15.2. The highest BCUT2D eigenvalue weighted by Crippen LogP contribution is 2.17. The number of pyridine rings is 2. The molecule has 0 aliphatic carbocycles. The van der Waals surface area contributed by atoms with Crippen LogP contribution < -0.4 is 10.6 Å². The van der Waals surface area contributed by atoms with Crippen LogP contribution in [0.1, 0.15) is 29.4 Å². The molecule has 0 aromatic carbocycles. The molecule has 0 aliphatic rings. The monoisotopic (exact) mass is 348 g/mol. The van der Waals surface area contributed by atoms with Gasteiger partial charge in [-0.25, -0.2) is 9.97 Å². The Morgan fingerprint density at radius 1 is 1.29 bits per heavy atom. The van der Waals surface area contributed by atoms with Crippen LogP contribution in [0, 0.1) is 6.92 Å². The van der Waals surface area contributed by atoms with Crippen molar-refractivity contribution in [2.45, 2.75) is 20.3 Å². The van der Waals surface area contributed by atoms with E-state index in [9.17, 15) is 4.79 Å². The number of carbonyl (C=O) groups is 1. The van der Waals surface area contributed by atoms with E-state index in [0.29, 0.717) is 11.5 Å². The largest absolute Gasteiger partial charge is 0.384 e. The number of rotatable bonds is 5. The zero-order valence-electron chi connectivity index (χ0n) is 12.0. The molecule has 0 unspecified atom stereocenters. The van der Waals surface area contributed by atoms with E-state index in [2.05, 4.69) is 43.5 Å². The van der Waals surface area contributed by atoms with Crippen molar-refractivity contribution in [3.8, 4) is 0 Å². The molecular formula is C15H17BrN4O. The zero-order valence-corrected chi connectivity index (χ0v) is 13.6. The maximum Gasteiger partial charge on any atom is 0.275 e. The maximum absolute atomic E-state index is 12.1. The summed E-state index contributed by atoms with van der Waals surface area (Å²) in [6.45, 7) is 4.92. The van der Waals surface area contributed by atoms with Crippen LogP contribution in [-0.4, -0.2) is 22.4 Å². The fourth-order valence-electron chi connectivity index (χ4n) is 1.69. The average Bonchev–Trinajstić information content (AvgIpc) is 2.49.